The number of piperidine rings is 1. The zero-order valence-corrected chi connectivity index (χ0v) is 17.8. The van der Waals surface area contributed by atoms with Crippen molar-refractivity contribution >= 4 is 22.5 Å². The minimum absolute atomic E-state index is 0.0826. The van der Waals surface area contributed by atoms with Crippen molar-refractivity contribution < 1.29 is 4.79 Å². The maximum absolute atomic E-state index is 12.7. The van der Waals surface area contributed by atoms with Gasteiger partial charge in [-0.15, -0.1) is 0 Å². The largest absolute Gasteiger partial charge is 0.369 e. The Morgan fingerprint density at radius 1 is 1.00 bits per heavy atom. The lowest BCUT2D eigenvalue weighted by atomic mass is 9.97. The van der Waals surface area contributed by atoms with E-state index in [4.69, 9.17) is 0 Å². The van der Waals surface area contributed by atoms with Gasteiger partial charge in [0, 0.05) is 65.0 Å². The highest BCUT2D eigenvalue weighted by molar-refractivity contribution is 5.81. The molecule has 2 aromatic rings. The van der Waals surface area contributed by atoms with Crippen LogP contribution in [0, 0.1) is 11.8 Å². The molecule has 160 valence electrons. The first kappa shape index (κ1) is 19.5. The van der Waals surface area contributed by atoms with Crippen LogP contribution in [0.3, 0.4) is 0 Å². The number of carbonyl (C=O) groups excluding carboxylic acids is 1. The molecule has 7 heteroatoms. The van der Waals surface area contributed by atoms with Gasteiger partial charge in [-0.3, -0.25) is 19.1 Å². The monoisotopic (exact) mass is 409 g/mol. The van der Waals surface area contributed by atoms with Crippen LogP contribution in [-0.2, 0) is 11.3 Å². The third-order valence-corrected chi connectivity index (χ3v) is 6.94. The summed E-state index contributed by atoms with van der Waals surface area (Å²) in [5, 5.41) is 0.719. The fraction of sp³-hybridized carbons (Fsp3) is 0.609. The molecule has 1 amide bonds. The minimum Gasteiger partial charge on any atom is -0.369 e. The van der Waals surface area contributed by atoms with Crippen molar-refractivity contribution in [2.75, 3.05) is 51.2 Å². The Bertz CT molecular complexity index is 991. The van der Waals surface area contributed by atoms with Crippen molar-refractivity contribution in [3.8, 4) is 0 Å². The van der Waals surface area contributed by atoms with Gasteiger partial charge in [0.05, 0.1) is 17.2 Å². The van der Waals surface area contributed by atoms with E-state index in [9.17, 15) is 9.59 Å². The summed E-state index contributed by atoms with van der Waals surface area (Å²) in [5.74, 6) is 1.52. The smallest absolute Gasteiger partial charge is 0.261 e. The highest BCUT2D eigenvalue weighted by Gasteiger charge is 2.26. The Morgan fingerprint density at radius 3 is 2.53 bits per heavy atom. The Labute approximate surface area is 177 Å². The lowest BCUT2D eigenvalue weighted by Crippen LogP contribution is -2.49. The Hall–Kier alpha value is -2.41. The fourth-order valence-corrected chi connectivity index (χ4v) is 4.85. The molecule has 2 aliphatic heterocycles. The number of hydrogen-bond acceptors (Lipinski definition) is 5. The molecule has 1 saturated carbocycles. The predicted octanol–water partition coefficient (Wildman–Crippen LogP) is 1.80. The Balaban J connectivity index is 1.21. The molecule has 0 spiro atoms. The highest BCUT2D eigenvalue weighted by atomic mass is 16.2. The van der Waals surface area contributed by atoms with Crippen molar-refractivity contribution in [3.63, 3.8) is 0 Å². The number of likely N-dealkylation sites (tertiary alicyclic amines) is 1. The van der Waals surface area contributed by atoms with Crippen molar-refractivity contribution in [1.29, 1.82) is 0 Å². The molecule has 1 aromatic heterocycles. The van der Waals surface area contributed by atoms with Gasteiger partial charge in [-0.2, -0.15) is 0 Å². The van der Waals surface area contributed by atoms with Crippen LogP contribution in [0.25, 0.3) is 10.9 Å². The molecule has 3 aliphatic rings. The van der Waals surface area contributed by atoms with Crippen LogP contribution in [0.5, 0.6) is 0 Å². The van der Waals surface area contributed by atoms with E-state index in [1.165, 1.54) is 12.8 Å². The molecule has 3 heterocycles. The summed E-state index contributed by atoms with van der Waals surface area (Å²) in [6.45, 7) is 6.78. The van der Waals surface area contributed by atoms with Gasteiger partial charge in [0.2, 0.25) is 5.91 Å². The van der Waals surface area contributed by atoms with E-state index in [2.05, 4.69) is 26.9 Å². The van der Waals surface area contributed by atoms with E-state index in [0.717, 1.165) is 68.8 Å². The van der Waals surface area contributed by atoms with Gasteiger partial charge in [0.15, 0.2) is 0 Å². The number of rotatable bonds is 5. The molecule has 5 rings (SSSR count). The van der Waals surface area contributed by atoms with Gasteiger partial charge in [-0.1, -0.05) is 0 Å². The average molecular weight is 410 g/mol. The number of fused-ring (bicyclic) bond motifs is 1. The van der Waals surface area contributed by atoms with Crippen LogP contribution >= 0.6 is 0 Å². The lowest BCUT2D eigenvalue weighted by molar-refractivity contribution is -0.133. The molecule has 1 aliphatic carbocycles. The SMILES string of the molecule is CN1CC(CN2CCN(c3ccc4c(=O)n(CC5CC5)cnc4c3)CC2)CCC1=O. The van der Waals surface area contributed by atoms with Crippen molar-refractivity contribution in [1.82, 2.24) is 19.4 Å². The molecule has 0 bridgehead atoms. The van der Waals surface area contributed by atoms with Gasteiger partial charge in [0.1, 0.15) is 0 Å². The molecule has 1 atom stereocenters. The molecule has 30 heavy (non-hydrogen) atoms. The third-order valence-electron chi connectivity index (χ3n) is 6.94. The van der Waals surface area contributed by atoms with Crippen molar-refractivity contribution in [2.45, 2.75) is 32.2 Å². The summed E-state index contributed by atoms with van der Waals surface area (Å²) < 4.78 is 1.77. The van der Waals surface area contributed by atoms with Crippen molar-refractivity contribution in [2.24, 2.45) is 11.8 Å². The predicted molar refractivity (Wildman–Crippen MR) is 118 cm³/mol. The third kappa shape index (κ3) is 4.08. The number of piperazine rings is 1. The second-order valence-electron chi connectivity index (χ2n) is 9.31. The van der Waals surface area contributed by atoms with E-state index in [0.29, 0.717) is 18.3 Å². The van der Waals surface area contributed by atoms with Gasteiger partial charge in [0.25, 0.3) is 5.56 Å². The zero-order chi connectivity index (χ0) is 20.7. The average Bonchev–Trinajstić information content (AvgIpc) is 3.57. The van der Waals surface area contributed by atoms with Gasteiger partial charge < -0.3 is 9.80 Å². The second-order valence-corrected chi connectivity index (χ2v) is 9.31. The normalized spacial score (nSPS) is 23.4. The highest BCUT2D eigenvalue weighted by Crippen LogP contribution is 2.30. The molecular formula is C23H31N5O2. The minimum atomic E-state index is 0.0826. The summed E-state index contributed by atoms with van der Waals surface area (Å²) in [7, 11) is 1.92. The number of benzene rings is 1. The summed E-state index contributed by atoms with van der Waals surface area (Å²) >= 11 is 0. The quantitative estimate of drug-likeness (QED) is 0.754. The summed E-state index contributed by atoms with van der Waals surface area (Å²) in [5.41, 5.74) is 2.03. The molecule has 3 fully saturated rings. The summed E-state index contributed by atoms with van der Waals surface area (Å²) in [6, 6.07) is 6.09. The van der Waals surface area contributed by atoms with Crippen LogP contribution in [0.2, 0.25) is 0 Å². The van der Waals surface area contributed by atoms with E-state index < -0.39 is 0 Å². The molecule has 7 nitrogen and oxygen atoms in total. The van der Waals surface area contributed by atoms with Gasteiger partial charge in [-0.05, 0) is 49.3 Å². The number of anilines is 1. The van der Waals surface area contributed by atoms with E-state index in [-0.39, 0.29) is 11.5 Å². The molecule has 2 saturated heterocycles. The van der Waals surface area contributed by atoms with Crippen molar-refractivity contribution in [3.05, 3.63) is 34.9 Å². The lowest BCUT2D eigenvalue weighted by Gasteiger charge is -2.39. The van der Waals surface area contributed by atoms with Gasteiger partial charge >= 0.3 is 0 Å². The van der Waals surface area contributed by atoms with Crippen LogP contribution < -0.4 is 10.5 Å². The van der Waals surface area contributed by atoms with Crippen LogP contribution in [0.15, 0.2) is 29.3 Å². The molecule has 1 unspecified atom stereocenters. The van der Waals surface area contributed by atoms with Crippen LogP contribution in [0.4, 0.5) is 5.69 Å². The summed E-state index contributed by atoms with van der Waals surface area (Å²) in [6.07, 6.45) is 5.87. The first-order valence-corrected chi connectivity index (χ1v) is 11.3. The maximum atomic E-state index is 12.7. The van der Waals surface area contributed by atoms with E-state index in [1.54, 1.807) is 10.9 Å². The number of nitrogens with zero attached hydrogens (tertiary/aromatic N) is 5. The maximum Gasteiger partial charge on any atom is 0.261 e. The van der Waals surface area contributed by atoms with Crippen LogP contribution in [0.1, 0.15) is 25.7 Å². The van der Waals surface area contributed by atoms with Crippen LogP contribution in [-0.4, -0.2) is 71.6 Å². The number of aromatic nitrogens is 2. The molecule has 1 aromatic carbocycles. The Kier molecular flexibility index (Phi) is 5.23. The zero-order valence-electron chi connectivity index (χ0n) is 17.8. The summed E-state index contributed by atoms with van der Waals surface area (Å²) in [4.78, 5) is 35.8. The number of carbonyl (C=O) groups is 1. The number of hydrogen-bond donors (Lipinski definition) is 0. The number of amides is 1. The van der Waals surface area contributed by atoms with E-state index >= 15 is 0 Å². The topological polar surface area (TPSA) is 61.7 Å². The first-order valence-electron chi connectivity index (χ1n) is 11.3. The standard InChI is InChI=1S/C23H31N5O2/c1-25-13-18(4-7-22(25)29)14-26-8-10-27(11-9-26)19-5-6-20-21(12-19)24-16-28(23(20)30)15-17-2-3-17/h5-6,12,16-18H,2-4,7-11,13-15H2,1H3. The second kappa shape index (κ2) is 8.02. The molecular weight excluding hydrogens is 378 g/mol. The molecule has 0 N–H and O–H groups in total. The Morgan fingerprint density at radius 2 is 1.80 bits per heavy atom. The first-order chi connectivity index (χ1) is 14.6. The molecule has 0 radical (unpaired) electrons. The van der Waals surface area contributed by atoms with E-state index in [1.807, 2.05) is 18.0 Å². The van der Waals surface area contributed by atoms with Gasteiger partial charge in [-0.25, -0.2) is 4.98 Å². The fourth-order valence-electron chi connectivity index (χ4n) is 4.85.